The van der Waals surface area contributed by atoms with Crippen molar-refractivity contribution in [2.45, 2.75) is 39.0 Å². The lowest BCUT2D eigenvalue weighted by Gasteiger charge is -2.21. The van der Waals surface area contributed by atoms with Crippen LogP contribution in [0.2, 0.25) is 0 Å². The first-order valence-electron chi connectivity index (χ1n) is 4.74. The van der Waals surface area contributed by atoms with Gasteiger partial charge in [-0.25, -0.2) is 9.59 Å². The van der Waals surface area contributed by atoms with Gasteiger partial charge in [0.2, 0.25) is 0 Å². The summed E-state index contributed by atoms with van der Waals surface area (Å²) in [6, 6.07) is -1.58. The normalized spacial score (nSPS) is 13.3. The van der Waals surface area contributed by atoms with Crippen molar-refractivity contribution in [3.63, 3.8) is 0 Å². The molecule has 0 aliphatic rings. The van der Waals surface area contributed by atoms with Gasteiger partial charge in [-0.2, -0.15) is 8.78 Å². The Morgan fingerprint density at radius 3 is 2.24 bits per heavy atom. The van der Waals surface area contributed by atoms with Crippen molar-refractivity contribution in [2.75, 3.05) is 6.61 Å². The number of alkyl halides is 2. The SMILES string of the molecule is CC(C)(C)OC(=O)NC(COC(F)F)C(=O)O. The number of aliphatic carboxylic acids is 1. The molecule has 6 nitrogen and oxygen atoms in total. The van der Waals surface area contributed by atoms with Gasteiger partial charge in [0.1, 0.15) is 5.60 Å². The molecule has 0 bridgehead atoms. The van der Waals surface area contributed by atoms with Crippen molar-refractivity contribution in [3.8, 4) is 0 Å². The van der Waals surface area contributed by atoms with E-state index in [9.17, 15) is 18.4 Å². The molecular formula is C9H15F2NO5. The van der Waals surface area contributed by atoms with Crippen LogP contribution in [0.15, 0.2) is 0 Å². The fourth-order valence-electron chi connectivity index (χ4n) is 0.793. The van der Waals surface area contributed by atoms with Crippen molar-refractivity contribution in [1.29, 1.82) is 0 Å². The van der Waals surface area contributed by atoms with Crippen LogP contribution in [0.3, 0.4) is 0 Å². The minimum Gasteiger partial charge on any atom is -0.480 e. The van der Waals surface area contributed by atoms with Gasteiger partial charge in [0.05, 0.1) is 6.61 Å². The summed E-state index contributed by atoms with van der Waals surface area (Å²) in [5.41, 5.74) is -0.809. The molecule has 0 aliphatic heterocycles. The summed E-state index contributed by atoms with van der Waals surface area (Å²) in [5.74, 6) is -1.49. The van der Waals surface area contributed by atoms with Gasteiger partial charge in [0.15, 0.2) is 6.04 Å². The Morgan fingerprint density at radius 1 is 1.35 bits per heavy atom. The summed E-state index contributed by atoms with van der Waals surface area (Å²) in [6.07, 6.45) is -1.01. The first-order valence-corrected chi connectivity index (χ1v) is 4.74. The Kier molecular flexibility index (Phi) is 5.80. The van der Waals surface area contributed by atoms with Crippen molar-refractivity contribution >= 4 is 12.1 Å². The molecule has 1 amide bonds. The number of carboxylic acids is 1. The first kappa shape index (κ1) is 15.6. The molecule has 0 aromatic heterocycles. The van der Waals surface area contributed by atoms with Crippen LogP contribution in [0, 0.1) is 0 Å². The van der Waals surface area contributed by atoms with Gasteiger partial charge in [0.25, 0.3) is 0 Å². The average Bonchev–Trinajstić information content (AvgIpc) is 2.08. The topological polar surface area (TPSA) is 84.9 Å². The monoisotopic (exact) mass is 255 g/mol. The maximum atomic E-state index is 11.7. The molecule has 0 saturated carbocycles. The summed E-state index contributed by atoms with van der Waals surface area (Å²) >= 11 is 0. The number of amides is 1. The summed E-state index contributed by atoms with van der Waals surface area (Å²) in [7, 11) is 0. The predicted octanol–water partition coefficient (Wildman–Crippen LogP) is 1.20. The van der Waals surface area contributed by atoms with E-state index in [2.05, 4.69) is 4.74 Å². The quantitative estimate of drug-likeness (QED) is 0.771. The van der Waals surface area contributed by atoms with E-state index in [4.69, 9.17) is 9.84 Å². The number of carbonyl (C=O) groups is 2. The summed E-state index contributed by atoms with van der Waals surface area (Å²) in [4.78, 5) is 21.8. The van der Waals surface area contributed by atoms with E-state index in [1.807, 2.05) is 5.32 Å². The number of hydrogen-bond acceptors (Lipinski definition) is 4. The second-order valence-electron chi connectivity index (χ2n) is 4.13. The van der Waals surface area contributed by atoms with E-state index >= 15 is 0 Å². The predicted molar refractivity (Wildman–Crippen MR) is 52.7 cm³/mol. The number of halogens is 2. The lowest BCUT2D eigenvalue weighted by Crippen LogP contribution is -2.46. The largest absolute Gasteiger partial charge is 0.480 e. The van der Waals surface area contributed by atoms with Gasteiger partial charge in [-0.1, -0.05) is 0 Å². The van der Waals surface area contributed by atoms with E-state index in [0.29, 0.717) is 0 Å². The Balaban J connectivity index is 4.26. The molecular weight excluding hydrogens is 240 g/mol. The second kappa shape index (κ2) is 6.33. The number of carbonyl (C=O) groups excluding carboxylic acids is 1. The van der Waals surface area contributed by atoms with Crippen molar-refractivity contribution in [2.24, 2.45) is 0 Å². The first-order chi connectivity index (χ1) is 7.61. The highest BCUT2D eigenvalue weighted by molar-refractivity contribution is 5.80. The molecule has 0 saturated heterocycles. The second-order valence-corrected chi connectivity index (χ2v) is 4.13. The van der Waals surface area contributed by atoms with Gasteiger partial charge in [-0.3, -0.25) is 0 Å². The molecule has 0 aromatic carbocycles. The maximum Gasteiger partial charge on any atom is 0.408 e. The van der Waals surface area contributed by atoms with Gasteiger partial charge >= 0.3 is 18.7 Å². The van der Waals surface area contributed by atoms with E-state index in [1.165, 1.54) is 0 Å². The van der Waals surface area contributed by atoms with E-state index in [-0.39, 0.29) is 0 Å². The molecule has 0 fully saturated rings. The van der Waals surface area contributed by atoms with E-state index in [0.717, 1.165) is 0 Å². The third kappa shape index (κ3) is 8.38. The number of carboxylic acid groups (broad SMARTS) is 1. The molecule has 0 aliphatic carbocycles. The Bertz CT molecular complexity index is 277. The third-order valence-corrected chi connectivity index (χ3v) is 1.38. The third-order valence-electron chi connectivity index (χ3n) is 1.38. The smallest absolute Gasteiger partial charge is 0.408 e. The number of hydrogen-bond donors (Lipinski definition) is 2. The summed E-state index contributed by atoms with van der Waals surface area (Å²) in [6.45, 7) is 0.803. The molecule has 0 radical (unpaired) electrons. The molecule has 0 rings (SSSR count). The highest BCUT2D eigenvalue weighted by Crippen LogP contribution is 2.07. The lowest BCUT2D eigenvalue weighted by atomic mass is 10.2. The molecule has 0 heterocycles. The number of nitrogens with one attached hydrogen (secondary N) is 1. The number of alkyl carbamates (subject to hydrolysis) is 1. The molecule has 0 aromatic rings. The zero-order valence-electron chi connectivity index (χ0n) is 9.70. The highest BCUT2D eigenvalue weighted by atomic mass is 19.3. The Morgan fingerprint density at radius 2 is 1.88 bits per heavy atom. The number of rotatable bonds is 5. The van der Waals surface area contributed by atoms with Crippen LogP contribution >= 0.6 is 0 Å². The van der Waals surface area contributed by atoms with Crippen molar-refractivity contribution < 1.29 is 33.0 Å². The molecule has 2 N–H and O–H groups in total. The Labute approximate surface area is 96.9 Å². The molecule has 8 heteroatoms. The van der Waals surface area contributed by atoms with Crippen LogP contribution in [0.4, 0.5) is 13.6 Å². The Hall–Kier alpha value is -1.44. The lowest BCUT2D eigenvalue weighted by molar-refractivity contribution is -0.153. The van der Waals surface area contributed by atoms with Crippen LogP contribution in [0.5, 0.6) is 0 Å². The minimum atomic E-state index is -3.10. The van der Waals surface area contributed by atoms with Crippen LogP contribution < -0.4 is 5.32 Å². The van der Waals surface area contributed by atoms with Crippen LogP contribution in [-0.4, -0.2) is 42.0 Å². The van der Waals surface area contributed by atoms with Crippen LogP contribution in [0.1, 0.15) is 20.8 Å². The van der Waals surface area contributed by atoms with Crippen LogP contribution in [-0.2, 0) is 14.3 Å². The summed E-state index contributed by atoms with van der Waals surface area (Å²) < 4.78 is 32.0. The fourth-order valence-corrected chi connectivity index (χ4v) is 0.793. The maximum absolute atomic E-state index is 11.7. The molecule has 100 valence electrons. The minimum absolute atomic E-state index is 0.809. The molecule has 0 spiro atoms. The average molecular weight is 255 g/mol. The van der Waals surface area contributed by atoms with Gasteiger partial charge in [-0.05, 0) is 20.8 Å². The van der Waals surface area contributed by atoms with E-state index in [1.54, 1.807) is 20.8 Å². The molecule has 17 heavy (non-hydrogen) atoms. The van der Waals surface area contributed by atoms with Gasteiger partial charge in [0, 0.05) is 0 Å². The number of ether oxygens (including phenoxy) is 2. The van der Waals surface area contributed by atoms with Crippen molar-refractivity contribution in [1.82, 2.24) is 5.32 Å². The zero-order valence-corrected chi connectivity index (χ0v) is 9.70. The standard InChI is InChI=1S/C9H15F2NO5/c1-9(2,3)17-8(15)12-5(6(13)14)4-16-7(10)11/h5,7H,4H2,1-3H3,(H,12,15)(H,13,14). The van der Waals surface area contributed by atoms with Gasteiger partial charge < -0.3 is 19.9 Å². The van der Waals surface area contributed by atoms with Crippen LogP contribution in [0.25, 0.3) is 0 Å². The van der Waals surface area contributed by atoms with Crippen molar-refractivity contribution in [3.05, 3.63) is 0 Å². The van der Waals surface area contributed by atoms with E-state index < -0.39 is 36.9 Å². The highest BCUT2D eigenvalue weighted by Gasteiger charge is 2.25. The molecule has 1 unspecified atom stereocenters. The molecule has 1 atom stereocenters. The summed E-state index contributed by atoms with van der Waals surface area (Å²) in [5, 5.41) is 10.5. The fraction of sp³-hybridized carbons (Fsp3) is 0.778. The zero-order chi connectivity index (χ0) is 13.6. The van der Waals surface area contributed by atoms with Gasteiger partial charge in [-0.15, -0.1) is 0 Å².